The molecule has 32 heavy (non-hydrogen) atoms. The van der Waals surface area contributed by atoms with Gasteiger partial charge in [-0.1, -0.05) is 23.7 Å². The van der Waals surface area contributed by atoms with Crippen molar-refractivity contribution in [2.45, 2.75) is 31.4 Å². The number of amides is 1. The number of aromatic nitrogens is 2. The Morgan fingerprint density at radius 3 is 2.69 bits per heavy atom. The summed E-state index contributed by atoms with van der Waals surface area (Å²) >= 11 is 5.91. The Labute approximate surface area is 190 Å². The lowest BCUT2D eigenvalue weighted by molar-refractivity contribution is -0.117. The topological polar surface area (TPSA) is 107 Å². The van der Waals surface area contributed by atoms with E-state index in [9.17, 15) is 14.3 Å². The highest BCUT2D eigenvalue weighted by Gasteiger charge is 2.24. The number of aliphatic hydroxyl groups excluding tert-OH is 1. The average molecular weight is 458 g/mol. The van der Waals surface area contributed by atoms with Gasteiger partial charge in [0, 0.05) is 41.5 Å². The lowest BCUT2D eigenvalue weighted by atomic mass is 10.0. The zero-order chi connectivity index (χ0) is 22.7. The summed E-state index contributed by atoms with van der Waals surface area (Å²) in [4.78, 5) is 14.9. The minimum absolute atomic E-state index is 0.323. The van der Waals surface area contributed by atoms with Crippen LogP contribution in [0.25, 0.3) is 11.1 Å². The van der Waals surface area contributed by atoms with Crippen molar-refractivity contribution in [1.29, 1.82) is 0 Å². The summed E-state index contributed by atoms with van der Waals surface area (Å²) in [5.74, 6) is -0.887. The first-order chi connectivity index (χ1) is 15.4. The first-order valence-electron chi connectivity index (χ1n) is 10.5. The normalized spacial score (nSPS) is 15.6. The Hall–Kier alpha value is -2.94. The second-order valence-corrected chi connectivity index (χ2v) is 8.42. The number of H-pyrrole nitrogens is 1. The van der Waals surface area contributed by atoms with Crippen LogP contribution in [0.15, 0.2) is 48.8 Å². The lowest BCUT2D eigenvalue weighted by Crippen LogP contribution is -2.39. The molecular formula is C23H25ClFN5O2. The second kappa shape index (κ2) is 9.68. The van der Waals surface area contributed by atoms with Crippen LogP contribution >= 0.6 is 11.6 Å². The largest absolute Gasteiger partial charge is 0.393 e. The molecule has 1 aliphatic rings. The maximum absolute atomic E-state index is 15.0. The van der Waals surface area contributed by atoms with Crippen molar-refractivity contribution >= 4 is 28.9 Å². The molecule has 1 aromatic heterocycles. The van der Waals surface area contributed by atoms with Gasteiger partial charge in [-0.25, -0.2) is 4.39 Å². The van der Waals surface area contributed by atoms with Gasteiger partial charge in [-0.05, 0) is 43.0 Å². The Morgan fingerprint density at radius 2 is 2.03 bits per heavy atom. The highest BCUT2D eigenvalue weighted by molar-refractivity contribution is 6.30. The Morgan fingerprint density at radius 1 is 1.31 bits per heavy atom. The molecule has 2 heterocycles. The highest BCUT2D eigenvalue weighted by atomic mass is 35.5. The number of rotatable bonds is 6. The van der Waals surface area contributed by atoms with E-state index >= 15 is 0 Å². The number of nitrogens with two attached hydrogens (primary N) is 1. The molecule has 0 aliphatic carbocycles. The summed E-state index contributed by atoms with van der Waals surface area (Å²) in [7, 11) is 0. The Kier molecular flexibility index (Phi) is 6.74. The van der Waals surface area contributed by atoms with Gasteiger partial charge in [0.2, 0.25) is 5.91 Å². The number of carbonyl (C=O) groups excluding carboxylic acids is 1. The minimum atomic E-state index is -0.816. The van der Waals surface area contributed by atoms with Crippen LogP contribution in [0, 0.1) is 5.82 Å². The van der Waals surface area contributed by atoms with Crippen molar-refractivity contribution in [3.8, 4) is 11.1 Å². The van der Waals surface area contributed by atoms with Gasteiger partial charge < -0.3 is 21.1 Å². The molecule has 9 heteroatoms. The molecule has 4 rings (SSSR count). The third-order valence-electron chi connectivity index (χ3n) is 5.66. The monoisotopic (exact) mass is 457 g/mol. The van der Waals surface area contributed by atoms with E-state index in [0.717, 1.165) is 5.56 Å². The van der Waals surface area contributed by atoms with Gasteiger partial charge in [-0.3, -0.25) is 9.89 Å². The molecule has 0 bridgehead atoms. The summed E-state index contributed by atoms with van der Waals surface area (Å²) in [5.41, 5.74) is 9.03. The number of nitrogens with zero attached hydrogens (tertiary/aromatic N) is 2. The molecule has 0 radical (unpaired) electrons. The molecule has 0 spiro atoms. The van der Waals surface area contributed by atoms with Gasteiger partial charge >= 0.3 is 0 Å². The van der Waals surface area contributed by atoms with E-state index in [1.165, 1.54) is 6.07 Å². The fourth-order valence-corrected chi connectivity index (χ4v) is 3.97. The molecule has 1 fully saturated rings. The average Bonchev–Trinajstić information content (AvgIpc) is 3.31. The maximum atomic E-state index is 15.0. The van der Waals surface area contributed by atoms with Crippen molar-refractivity contribution in [2.24, 2.45) is 5.73 Å². The van der Waals surface area contributed by atoms with Crippen molar-refractivity contribution in [1.82, 2.24) is 10.2 Å². The van der Waals surface area contributed by atoms with Crippen LogP contribution in [-0.4, -0.2) is 46.4 Å². The standard InChI is InChI=1S/C23H25ClFN5O2/c24-16-3-1-14(2-4-16)9-20(26)23(32)29-21-11-19(25)18(15-12-27-28-13-15)10-22(21)30-7-5-17(31)6-8-30/h1-4,10-13,17,20,31H,5-9,26H2,(H,27,28)(H,29,32). The number of hydrogen-bond donors (Lipinski definition) is 4. The molecule has 0 saturated carbocycles. The number of halogens is 2. The molecular weight excluding hydrogens is 433 g/mol. The smallest absolute Gasteiger partial charge is 0.241 e. The molecule has 2 aromatic carbocycles. The Bertz CT molecular complexity index is 1070. The number of benzene rings is 2. The fraction of sp³-hybridized carbons (Fsp3) is 0.304. The van der Waals surface area contributed by atoms with Crippen LogP contribution in [0.5, 0.6) is 0 Å². The quantitative estimate of drug-likeness (QED) is 0.454. The Balaban J connectivity index is 1.59. The summed E-state index contributed by atoms with van der Waals surface area (Å²) in [6, 6.07) is 9.33. The van der Waals surface area contributed by atoms with E-state index in [4.69, 9.17) is 17.3 Å². The lowest BCUT2D eigenvalue weighted by Gasteiger charge is -2.33. The summed E-state index contributed by atoms with van der Waals surface area (Å²) in [5, 5.41) is 19.9. The van der Waals surface area contributed by atoms with E-state index in [1.807, 2.05) is 17.0 Å². The van der Waals surface area contributed by atoms with Crippen LogP contribution in [0.3, 0.4) is 0 Å². The van der Waals surface area contributed by atoms with Gasteiger partial charge in [-0.2, -0.15) is 5.10 Å². The zero-order valence-corrected chi connectivity index (χ0v) is 18.1. The van der Waals surface area contributed by atoms with Crippen LogP contribution in [0.2, 0.25) is 5.02 Å². The highest BCUT2D eigenvalue weighted by Crippen LogP contribution is 2.35. The fourth-order valence-electron chi connectivity index (χ4n) is 3.84. The SMILES string of the molecule is NC(Cc1ccc(Cl)cc1)C(=O)Nc1cc(F)c(-c2cn[nH]c2)cc1N1CCC(O)CC1. The number of carbonyl (C=O) groups is 1. The zero-order valence-electron chi connectivity index (χ0n) is 17.4. The molecule has 3 aromatic rings. The molecule has 168 valence electrons. The van der Waals surface area contributed by atoms with Crippen molar-refractivity contribution < 1.29 is 14.3 Å². The first-order valence-corrected chi connectivity index (χ1v) is 10.8. The van der Waals surface area contributed by atoms with Gasteiger partial charge in [0.25, 0.3) is 0 Å². The molecule has 1 amide bonds. The first kappa shape index (κ1) is 22.3. The van der Waals surface area contributed by atoms with Crippen LogP contribution in [-0.2, 0) is 11.2 Å². The molecule has 5 N–H and O–H groups in total. The number of aliphatic hydroxyl groups is 1. The third-order valence-corrected chi connectivity index (χ3v) is 5.92. The number of nitrogens with one attached hydrogen (secondary N) is 2. The van der Waals surface area contributed by atoms with Crippen molar-refractivity contribution in [3.63, 3.8) is 0 Å². The molecule has 7 nitrogen and oxygen atoms in total. The summed E-state index contributed by atoms with van der Waals surface area (Å²) in [6.07, 6.45) is 4.32. The molecule has 1 unspecified atom stereocenters. The van der Waals surface area contributed by atoms with Gasteiger partial charge in [0.05, 0.1) is 29.7 Å². The third kappa shape index (κ3) is 5.09. The molecule has 1 atom stereocenters. The number of aromatic amines is 1. The molecule has 1 aliphatic heterocycles. The minimum Gasteiger partial charge on any atom is -0.393 e. The predicted octanol–water partition coefficient (Wildman–Crippen LogP) is 3.34. The van der Waals surface area contributed by atoms with E-state index in [-0.39, 0.29) is 6.10 Å². The predicted molar refractivity (Wildman–Crippen MR) is 123 cm³/mol. The number of anilines is 2. The van der Waals surface area contributed by atoms with E-state index in [0.29, 0.717) is 59.9 Å². The van der Waals surface area contributed by atoms with E-state index in [2.05, 4.69) is 15.5 Å². The molecule has 1 saturated heterocycles. The van der Waals surface area contributed by atoms with E-state index < -0.39 is 17.8 Å². The van der Waals surface area contributed by atoms with Gasteiger partial charge in [0.1, 0.15) is 5.82 Å². The van der Waals surface area contributed by atoms with Gasteiger partial charge in [-0.15, -0.1) is 0 Å². The number of piperidine rings is 1. The van der Waals surface area contributed by atoms with Gasteiger partial charge in [0.15, 0.2) is 0 Å². The van der Waals surface area contributed by atoms with E-state index in [1.54, 1.807) is 30.6 Å². The van der Waals surface area contributed by atoms with Crippen molar-refractivity contribution in [2.75, 3.05) is 23.3 Å². The second-order valence-electron chi connectivity index (χ2n) is 7.98. The summed E-state index contributed by atoms with van der Waals surface area (Å²) < 4.78 is 15.0. The summed E-state index contributed by atoms with van der Waals surface area (Å²) in [6.45, 7) is 1.19. The van der Waals surface area contributed by atoms with Crippen LogP contribution in [0.1, 0.15) is 18.4 Å². The number of hydrogen-bond acceptors (Lipinski definition) is 5. The van der Waals surface area contributed by atoms with Crippen LogP contribution in [0.4, 0.5) is 15.8 Å². The maximum Gasteiger partial charge on any atom is 0.241 e. The van der Waals surface area contributed by atoms with Crippen LogP contribution < -0.4 is 16.0 Å². The van der Waals surface area contributed by atoms with Crippen molar-refractivity contribution in [3.05, 3.63) is 65.2 Å².